The highest BCUT2D eigenvalue weighted by Crippen LogP contribution is 2.34. The van der Waals surface area contributed by atoms with Crippen LogP contribution in [0.3, 0.4) is 0 Å². The monoisotopic (exact) mass is 408 g/mol. The minimum absolute atomic E-state index is 0.00879. The van der Waals surface area contributed by atoms with Gasteiger partial charge in [0.05, 0.1) is 18.1 Å². The first-order valence-electron chi connectivity index (χ1n) is 10.4. The van der Waals surface area contributed by atoms with E-state index in [0.717, 1.165) is 49.9 Å². The molecule has 28 heavy (non-hydrogen) atoms. The quantitative estimate of drug-likeness (QED) is 0.769. The Labute approximate surface area is 166 Å². The van der Waals surface area contributed by atoms with Crippen LogP contribution in [0.25, 0.3) is 0 Å². The van der Waals surface area contributed by atoms with Crippen LogP contribution in [0.5, 0.6) is 0 Å². The molecule has 4 rings (SSSR count). The van der Waals surface area contributed by atoms with Crippen molar-refractivity contribution in [2.75, 3.05) is 29.5 Å². The van der Waals surface area contributed by atoms with Gasteiger partial charge in [-0.25, -0.2) is 12.8 Å². The van der Waals surface area contributed by atoms with Crippen LogP contribution >= 0.6 is 0 Å². The highest BCUT2D eigenvalue weighted by Gasteiger charge is 2.39. The van der Waals surface area contributed by atoms with Crippen LogP contribution in [-0.2, 0) is 21.1 Å². The van der Waals surface area contributed by atoms with Gasteiger partial charge in [0, 0.05) is 29.9 Å². The molecule has 2 fully saturated rings. The summed E-state index contributed by atoms with van der Waals surface area (Å²) < 4.78 is 38.4. The van der Waals surface area contributed by atoms with Crippen molar-refractivity contribution in [1.29, 1.82) is 0 Å². The van der Waals surface area contributed by atoms with Gasteiger partial charge in [-0.05, 0) is 50.7 Å². The van der Waals surface area contributed by atoms with Gasteiger partial charge in [0.2, 0.25) is 5.91 Å². The molecule has 1 aliphatic carbocycles. The highest BCUT2D eigenvalue weighted by atomic mass is 32.2. The Kier molecular flexibility index (Phi) is 5.38. The molecule has 1 aromatic carbocycles. The van der Waals surface area contributed by atoms with Gasteiger partial charge in [-0.1, -0.05) is 18.9 Å². The molecule has 0 N–H and O–H groups in total. The number of carbonyl (C=O) groups is 1. The van der Waals surface area contributed by atoms with Crippen LogP contribution in [0.2, 0.25) is 0 Å². The molecular formula is C21H29FN2O3S. The van der Waals surface area contributed by atoms with E-state index in [0.29, 0.717) is 18.4 Å². The normalized spacial score (nSPS) is 24.4. The molecule has 0 bridgehead atoms. The minimum Gasteiger partial charge on any atom is -0.362 e. The van der Waals surface area contributed by atoms with E-state index < -0.39 is 9.84 Å². The zero-order valence-corrected chi connectivity index (χ0v) is 17.3. The van der Waals surface area contributed by atoms with Gasteiger partial charge in [-0.15, -0.1) is 0 Å². The van der Waals surface area contributed by atoms with E-state index >= 15 is 0 Å². The number of benzene rings is 1. The number of carbonyl (C=O) groups excluding carboxylic acids is 1. The largest absolute Gasteiger partial charge is 0.362 e. The number of hydrogen-bond donors (Lipinski definition) is 0. The molecule has 7 heteroatoms. The van der Waals surface area contributed by atoms with Gasteiger partial charge in [0.1, 0.15) is 5.82 Å². The predicted molar refractivity (Wildman–Crippen MR) is 108 cm³/mol. The van der Waals surface area contributed by atoms with Gasteiger partial charge in [0.15, 0.2) is 9.84 Å². The molecule has 0 spiro atoms. The molecule has 1 aromatic rings. The Morgan fingerprint density at radius 2 is 1.93 bits per heavy atom. The standard InChI is InChI=1S/C21H29FN2O3S/c1-15-8-9-19(22)18-7-4-11-23(21(15)18)13-20(25)24(16-5-2-3-6-16)17-10-12-28(26,27)14-17/h8-9,16-17H,2-7,10-14H2,1H3. The fourth-order valence-electron chi connectivity index (χ4n) is 5.25. The predicted octanol–water partition coefficient (Wildman–Crippen LogP) is 2.85. The second kappa shape index (κ2) is 7.65. The number of sulfone groups is 1. The molecule has 154 valence electrons. The average Bonchev–Trinajstić information content (AvgIpc) is 3.29. The fraction of sp³-hybridized carbons (Fsp3) is 0.667. The number of amides is 1. The summed E-state index contributed by atoms with van der Waals surface area (Å²) in [6.45, 7) is 2.88. The lowest BCUT2D eigenvalue weighted by molar-refractivity contribution is -0.134. The fourth-order valence-corrected chi connectivity index (χ4v) is 6.96. The summed E-state index contributed by atoms with van der Waals surface area (Å²) in [5.74, 6) is 0.0441. The van der Waals surface area contributed by atoms with E-state index in [4.69, 9.17) is 0 Å². The Morgan fingerprint density at radius 3 is 2.61 bits per heavy atom. The number of aryl methyl sites for hydroxylation is 1. The van der Waals surface area contributed by atoms with Gasteiger partial charge in [0.25, 0.3) is 0 Å². The van der Waals surface area contributed by atoms with Crippen LogP contribution in [0.15, 0.2) is 12.1 Å². The van der Waals surface area contributed by atoms with E-state index in [1.807, 2.05) is 16.7 Å². The summed E-state index contributed by atoms with van der Waals surface area (Å²) in [5.41, 5.74) is 2.54. The van der Waals surface area contributed by atoms with Gasteiger partial charge >= 0.3 is 0 Å². The Morgan fingerprint density at radius 1 is 1.18 bits per heavy atom. The maximum Gasteiger partial charge on any atom is 0.242 e. The maximum absolute atomic E-state index is 14.3. The summed E-state index contributed by atoms with van der Waals surface area (Å²) in [6.07, 6.45) is 6.13. The van der Waals surface area contributed by atoms with Crippen molar-refractivity contribution in [3.8, 4) is 0 Å². The Balaban J connectivity index is 1.58. The third-order valence-corrected chi connectivity index (χ3v) is 8.28. The first kappa shape index (κ1) is 19.7. The third kappa shape index (κ3) is 3.78. The van der Waals surface area contributed by atoms with Crippen LogP contribution in [-0.4, -0.2) is 55.9 Å². The summed E-state index contributed by atoms with van der Waals surface area (Å²) in [5, 5.41) is 0. The van der Waals surface area contributed by atoms with E-state index in [1.54, 1.807) is 6.07 Å². The molecule has 0 radical (unpaired) electrons. The van der Waals surface area contributed by atoms with Crippen LogP contribution in [0, 0.1) is 12.7 Å². The maximum atomic E-state index is 14.3. The van der Waals surface area contributed by atoms with Crippen molar-refractivity contribution in [3.63, 3.8) is 0 Å². The van der Waals surface area contributed by atoms with Gasteiger partial charge < -0.3 is 9.80 Å². The lowest BCUT2D eigenvalue weighted by Gasteiger charge is -2.38. The SMILES string of the molecule is Cc1ccc(F)c2c1N(CC(=O)N(C1CCCC1)C1CCS(=O)(=O)C1)CCC2. The van der Waals surface area contributed by atoms with Crippen molar-refractivity contribution < 1.29 is 17.6 Å². The molecule has 1 saturated heterocycles. The summed E-state index contributed by atoms with van der Waals surface area (Å²) in [4.78, 5) is 17.3. The van der Waals surface area contributed by atoms with Crippen molar-refractivity contribution in [2.45, 2.75) is 64.0 Å². The molecule has 1 amide bonds. The summed E-state index contributed by atoms with van der Waals surface area (Å²) >= 11 is 0. The first-order chi connectivity index (χ1) is 13.4. The van der Waals surface area contributed by atoms with Crippen molar-refractivity contribution >= 4 is 21.4 Å². The van der Waals surface area contributed by atoms with E-state index in [-0.39, 0.29) is 41.9 Å². The number of halogens is 1. The van der Waals surface area contributed by atoms with Crippen LogP contribution in [0.1, 0.15) is 49.7 Å². The first-order valence-corrected chi connectivity index (χ1v) is 12.2. The van der Waals surface area contributed by atoms with Gasteiger partial charge in [-0.2, -0.15) is 0 Å². The van der Waals surface area contributed by atoms with E-state index in [1.165, 1.54) is 6.07 Å². The smallest absolute Gasteiger partial charge is 0.242 e. The number of anilines is 1. The molecule has 1 unspecified atom stereocenters. The molecular weight excluding hydrogens is 379 g/mol. The highest BCUT2D eigenvalue weighted by molar-refractivity contribution is 7.91. The van der Waals surface area contributed by atoms with Crippen molar-refractivity contribution in [2.24, 2.45) is 0 Å². The zero-order valence-electron chi connectivity index (χ0n) is 16.5. The van der Waals surface area contributed by atoms with Gasteiger partial charge in [-0.3, -0.25) is 4.79 Å². The molecule has 2 aliphatic heterocycles. The average molecular weight is 409 g/mol. The van der Waals surface area contributed by atoms with Crippen LogP contribution in [0.4, 0.5) is 10.1 Å². The molecule has 1 atom stereocenters. The number of hydrogen-bond acceptors (Lipinski definition) is 4. The molecule has 2 heterocycles. The Hall–Kier alpha value is -1.63. The number of rotatable bonds is 4. The van der Waals surface area contributed by atoms with Crippen LogP contribution < -0.4 is 4.90 Å². The van der Waals surface area contributed by atoms with Crippen molar-refractivity contribution in [3.05, 3.63) is 29.1 Å². The third-order valence-electron chi connectivity index (χ3n) is 6.53. The summed E-state index contributed by atoms with van der Waals surface area (Å²) in [7, 11) is -3.05. The molecule has 0 aromatic heterocycles. The topological polar surface area (TPSA) is 57.7 Å². The van der Waals surface area contributed by atoms with Crippen molar-refractivity contribution in [1.82, 2.24) is 4.90 Å². The lowest BCUT2D eigenvalue weighted by Crippen LogP contribution is -2.51. The zero-order chi connectivity index (χ0) is 19.9. The lowest BCUT2D eigenvalue weighted by atomic mass is 9.97. The second-order valence-electron chi connectivity index (χ2n) is 8.51. The number of fused-ring (bicyclic) bond motifs is 1. The Bertz CT molecular complexity index is 865. The minimum atomic E-state index is -3.05. The molecule has 5 nitrogen and oxygen atoms in total. The molecule has 1 saturated carbocycles. The molecule has 3 aliphatic rings. The number of nitrogens with zero attached hydrogens (tertiary/aromatic N) is 2. The van der Waals surface area contributed by atoms with E-state index in [9.17, 15) is 17.6 Å². The second-order valence-corrected chi connectivity index (χ2v) is 10.7. The van der Waals surface area contributed by atoms with E-state index in [2.05, 4.69) is 0 Å². The summed E-state index contributed by atoms with van der Waals surface area (Å²) in [6, 6.07) is 3.21.